The Bertz CT molecular complexity index is 1050. The van der Waals surface area contributed by atoms with E-state index in [0.717, 1.165) is 21.7 Å². The molecule has 0 aliphatic carbocycles. The fourth-order valence-electron chi connectivity index (χ4n) is 2.53. The summed E-state index contributed by atoms with van der Waals surface area (Å²) in [6, 6.07) is 16.5. The van der Waals surface area contributed by atoms with Gasteiger partial charge >= 0.3 is 0 Å². The SMILES string of the molecule is Cn1c(SCc2csc(Nc3ccccc3)n2)nnc1-c1ccccc1F. The van der Waals surface area contributed by atoms with Gasteiger partial charge in [-0.15, -0.1) is 21.5 Å². The Kier molecular flexibility index (Phi) is 5.17. The highest BCUT2D eigenvalue weighted by Gasteiger charge is 2.15. The smallest absolute Gasteiger partial charge is 0.191 e. The van der Waals surface area contributed by atoms with Gasteiger partial charge in [-0.05, 0) is 24.3 Å². The van der Waals surface area contributed by atoms with Crippen molar-refractivity contribution >= 4 is 33.9 Å². The quantitative estimate of drug-likeness (QED) is 0.458. The van der Waals surface area contributed by atoms with Crippen LogP contribution in [0.4, 0.5) is 15.2 Å². The van der Waals surface area contributed by atoms with Gasteiger partial charge in [0, 0.05) is 23.9 Å². The van der Waals surface area contributed by atoms with Gasteiger partial charge in [0.25, 0.3) is 0 Å². The first-order valence-corrected chi connectivity index (χ1v) is 10.1. The molecule has 0 atom stereocenters. The van der Waals surface area contributed by atoms with Crippen molar-refractivity contribution < 1.29 is 4.39 Å². The summed E-state index contributed by atoms with van der Waals surface area (Å²) in [5.74, 6) is 0.872. The molecule has 136 valence electrons. The predicted octanol–water partition coefficient (Wildman–Crippen LogP) is 5.11. The molecule has 0 bridgehead atoms. The average Bonchev–Trinajstić information content (AvgIpc) is 3.28. The third kappa shape index (κ3) is 4.01. The van der Waals surface area contributed by atoms with E-state index in [1.54, 1.807) is 34.1 Å². The van der Waals surface area contributed by atoms with Crippen molar-refractivity contribution in [2.75, 3.05) is 5.32 Å². The van der Waals surface area contributed by atoms with Crippen LogP contribution in [-0.2, 0) is 12.8 Å². The monoisotopic (exact) mass is 397 g/mol. The lowest BCUT2D eigenvalue weighted by molar-refractivity contribution is 0.628. The molecule has 0 saturated carbocycles. The van der Waals surface area contributed by atoms with Crippen molar-refractivity contribution in [1.82, 2.24) is 19.7 Å². The first-order chi connectivity index (χ1) is 13.2. The summed E-state index contributed by atoms with van der Waals surface area (Å²) < 4.78 is 15.8. The van der Waals surface area contributed by atoms with E-state index >= 15 is 0 Å². The fourth-order valence-corrected chi connectivity index (χ4v) is 4.17. The largest absolute Gasteiger partial charge is 0.332 e. The Hall–Kier alpha value is -2.71. The standard InChI is InChI=1S/C19H16FN5S2/c1-25-17(15-9-5-6-10-16(15)20)23-24-19(25)27-12-14-11-26-18(22-14)21-13-7-3-2-4-8-13/h2-11H,12H2,1H3,(H,21,22). The minimum Gasteiger partial charge on any atom is -0.332 e. The van der Waals surface area contributed by atoms with Gasteiger partial charge in [-0.2, -0.15) is 0 Å². The van der Waals surface area contributed by atoms with Gasteiger partial charge in [0.15, 0.2) is 16.1 Å². The molecule has 1 N–H and O–H groups in total. The highest BCUT2D eigenvalue weighted by atomic mass is 32.2. The Morgan fingerprint density at radius 2 is 1.85 bits per heavy atom. The molecule has 2 aromatic heterocycles. The number of thioether (sulfide) groups is 1. The molecule has 2 heterocycles. The number of thiazole rings is 1. The lowest BCUT2D eigenvalue weighted by atomic mass is 10.2. The topological polar surface area (TPSA) is 55.6 Å². The van der Waals surface area contributed by atoms with E-state index in [2.05, 4.69) is 20.5 Å². The summed E-state index contributed by atoms with van der Waals surface area (Å²) in [6.45, 7) is 0. The molecule has 0 unspecified atom stereocenters. The zero-order chi connectivity index (χ0) is 18.6. The predicted molar refractivity (Wildman–Crippen MR) is 108 cm³/mol. The Morgan fingerprint density at radius 3 is 2.67 bits per heavy atom. The van der Waals surface area contributed by atoms with Gasteiger partial charge in [0.1, 0.15) is 5.82 Å². The van der Waals surface area contributed by atoms with Crippen LogP contribution < -0.4 is 5.32 Å². The molecule has 0 fully saturated rings. The molecular weight excluding hydrogens is 381 g/mol. The second-order valence-electron chi connectivity index (χ2n) is 5.77. The summed E-state index contributed by atoms with van der Waals surface area (Å²) in [4.78, 5) is 4.60. The van der Waals surface area contributed by atoms with Crippen molar-refractivity contribution in [2.24, 2.45) is 7.05 Å². The molecule has 0 aliphatic rings. The fraction of sp³-hybridized carbons (Fsp3) is 0.105. The molecule has 2 aromatic carbocycles. The number of aromatic nitrogens is 4. The summed E-state index contributed by atoms with van der Waals surface area (Å²) in [5, 5.41) is 15.2. The number of para-hydroxylation sites is 1. The van der Waals surface area contributed by atoms with Crippen LogP contribution in [0.2, 0.25) is 0 Å². The van der Waals surface area contributed by atoms with Crippen LogP contribution in [-0.4, -0.2) is 19.7 Å². The van der Waals surface area contributed by atoms with Crippen LogP contribution in [0, 0.1) is 5.82 Å². The van der Waals surface area contributed by atoms with E-state index in [1.165, 1.54) is 17.8 Å². The van der Waals surface area contributed by atoms with Crippen molar-refractivity contribution in [3.8, 4) is 11.4 Å². The number of halogens is 1. The molecule has 27 heavy (non-hydrogen) atoms. The maximum absolute atomic E-state index is 14.0. The molecule has 0 spiro atoms. The van der Waals surface area contributed by atoms with Crippen molar-refractivity contribution in [2.45, 2.75) is 10.9 Å². The van der Waals surface area contributed by atoms with Crippen molar-refractivity contribution in [3.63, 3.8) is 0 Å². The number of nitrogens with one attached hydrogen (secondary N) is 1. The maximum Gasteiger partial charge on any atom is 0.191 e. The highest BCUT2D eigenvalue weighted by molar-refractivity contribution is 7.98. The zero-order valence-corrected chi connectivity index (χ0v) is 16.1. The molecule has 0 radical (unpaired) electrons. The summed E-state index contributed by atoms with van der Waals surface area (Å²) in [6.07, 6.45) is 0. The van der Waals surface area contributed by atoms with E-state index in [4.69, 9.17) is 0 Å². The van der Waals surface area contributed by atoms with Gasteiger partial charge in [-0.1, -0.05) is 42.1 Å². The van der Waals surface area contributed by atoms with E-state index in [9.17, 15) is 4.39 Å². The minimum absolute atomic E-state index is 0.305. The Labute approximate surface area is 164 Å². The Morgan fingerprint density at radius 1 is 1.07 bits per heavy atom. The number of rotatable bonds is 6. The molecule has 0 saturated heterocycles. The normalized spacial score (nSPS) is 10.9. The van der Waals surface area contributed by atoms with Gasteiger partial charge in [-0.3, -0.25) is 0 Å². The number of nitrogens with zero attached hydrogens (tertiary/aromatic N) is 4. The first-order valence-electron chi connectivity index (χ1n) is 8.24. The molecular formula is C19H16FN5S2. The lowest BCUT2D eigenvalue weighted by Gasteiger charge is -2.04. The third-order valence-electron chi connectivity index (χ3n) is 3.88. The molecule has 4 aromatic rings. The number of hydrogen-bond donors (Lipinski definition) is 1. The van der Waals surface area contributed by atoms with Crippen molar-refractivity contribution in [3.05, 3.63) is 71.5 Å². The number of benzene rings is 2. The van der Waals surface area contributed by atoms with Crippen LogP contribution in [0.5, 0.6) is 0 Å². The second-order valence-corrected chi connectivity index (χ2v) is 7.57. The van der Waals surface area contributed by atoms with Crippen molar-refractivity contribution in [1.29, 1.82) is 0 Å². The number of anilines is 2. The van der Waals surface area contributed by atoms with Crippen LogP contribution in [0.3, 0.4) is 0 Å². The highest BCUT2D eigenvalue weighted by Crippen LogP contribution is 2.28. The molecule has 0 aliphatic heterocycles. The van der Waals surface area contributed by atoms with Crippen LogP contribution >= 0.6 is 23.1 Å². The van der Waals surface area contributed by atoms with Gasteiger partial charge < -0.3 is 9.88 Å². The first kappa shape index (κ1) is 17.7. The molecule has 8 heteroatoms. The molecule has 4 rings (SSSR count). The molecule has 5 nitrogen and oxygen atoms in total. The van der Waals surface area contributed by atoms with Gasteiger partial charge in [0.05, 0.1) is 11.3 Å². The summed E-state index contributed by atoms with van der Waals surface area (Å²) >= 11 is 3.08. The van der Waals surface area contributed by atoms with Gasteiger partial charge in [0.2, 0.25) is 0 Å². The van der Waals surface area contributed by atoms with E-state index < -0.39 is 0 Å². The van der Waals surface area contributed by atoms with Gasteiger partial charge in [-0.25, -0.2) is 9.37 Å². The van der Waals surface area contributed by atoms with Crippen LogP contribution in [0.1, 0.15) is 5.69 Å². The maximum atomic E-state index is 14.0. The zero-order valence-electron chi connectivity index (χ0n) is 14.5. The Balaban J connectivity index is 1.43. The minimum atomic E-state index is -0.305. The van der Waals surface area contributed by atoms with E-state index in [1.807, 2.05) is 42.8 Å². The second kappa shape index (κ2) is 7.89. The van der Waals surface area contributed by atoms with E-state index in [0.29, 0.717) is 17.1 Å². The third-order valence-corrected chi connectivity index (χ3v) is 5.74. The van der Waals surface area contributed by atoms with E-state index in [-0.39, 0.29) is 5.82 Å². The van der Waals surface area contributed by atoms with Crippen LogP contribution in [0.25, 0.3) is 11.4 Å². The lowest BCUT2D eigenvalue weighted by Crippen LogP contribution is -1.97. The average molecular weight is 398 g/mol. The van der Waals surface area contributed by atoms with Crippen LogP contribution in [0.15, 0.2) is 65.1 Å². The summed E-state index contributed by atoms with van der Waals surface area (Å²) in [7, 11) is 1.84. The molecule has 0 amide bonds. The number of hydrogen-bond acceptors (Lipinski definition) is 6. The summed E-state index contributed by atoms with van der Waals surface area (Å²) in [5.41, 5.74) is 2.41.